The van der Waals surface area contributed by atoms with E-state index >= 15 is 0 Å². The zero-order chi connectivity index (χ0) is 20.8. The van der Waals surface area contributed by atoms with Crippen LogP contribution >= 0.6 is 11.6 Å². The molecular weight excluding hydrogens is 396 g/mol. The Kier molecular flexibility index (Phi) is 7.04. The Morgan fingerprint density at radius 3 is 2.21 bits per heavy atom. The molecule has 0 bridgehead atoms. The van der Waals surface area contributed by atoms with E-state index in [2.05, 4.69) is 10.3 Å². The van der Waals surface area contributed by atoms with E-state index in [4.69, 9.17) is 30.5 Å². The number of amides is 1. The van der Waals surface area contributed by atoms with Crippen LogP contribution in [0.5, 0.6) is 23.1 Å². The zero-order valence-corrected chi connectivity index (χ0v) is 17.5. The topological polar surface area (TPSA) is 78.9 Å². The number of ether oxygens (including phenoxy) is 4. The van der Waals surface area contributed by atoms with Crippen LogP contribution in [0.15, 0.2) is 30.5 Å². The van der Waals surface area contributed by atoms with Crippen molar-refractivity contribution in [1.29, 1.82) is 0 Å². The second-order valence-electron chi connectivity index (χ2n) is 6.79. The fourth-order valence-corrected chi connectivity index (χ4v) is 3.52. The number of nitrogens with zero attached hydrogens (tertiary/aromatic N) is 1. The maximum Gasteiger partial charge on any atom is 0.251 e. The molecule has 156 valence electrons. The summed E-state index contributed by atoms with van der Waals surface area (Å²) in [7, 11) is 4.58. The number of hydrogen-bond acceptors (Lipinski definition) is 6. The van der Waals surface area contributed by atoms with Crippen LogP contribution in [-0.4, -0.2) is 44.4 Å². The lowest BCUT2D eigenvalue weighted by Crippen LogP contribution is -2.39. The maximum atomic E-state index is 12.7. The lowest BCUT2D eigenvalue weighted by molar-refractivity contribution is 0.0889. The fourth-order valence-electron chi connectivity index (χ4n) is 3.41. The molecule has 1 fully saturated rings. The number of pyridine rings is 1. The Bertz CT molecular complexity index is 810. The lowest BCUT2D eigenvalue weighted by atomic mass is 9.92. The van der Waals surface area contributed by atoms with Gasteiger partial charge in [-0.2, -0.15) is 0 Å². The SMILES string of the molecule is COc1cc(C(=O)NC2CCC(Oc3ccc(Cl)cn3)CC2)cc(OC)c1OC. The normalized spacial score (nSPS) is 18.6. The van der Waals surface area contributed by atoms with E-state index in [-0.39, 0.29) is 18.1 Å². The molecule has 3 rings (SSSR count). The third kappa shape index (κ3) is 5.23. The van der Waals surface area contributed by atoms with E-state index in [0.717, 1.165) is 25.7 Å². The molecule has 1 aromatic heterocycles. The average molecular weight is 421 g/mol. The van der Waals surface area contributed by atoms with Gasteiger partial charge in [-0.05, 0) is 43.9 Å². The predicted molar refractivity (Wildman–Crippen MR) is 109 cm³/mol. The first-order valence-corrected chi connectivity index (χ1v) is 9.81. The Hall–Kier alpha value is -2.67. The van der Waals surface area contributed by atoms with Crippen LogP contribution in [0.1, 0.15) is 36.0 Å². The van der Waals surface area contributed by atoms with E-state index in [0.29, 0.717) is 33.7 Å². The summed E-state index contributed by atoms with van der Waals surface area (Å²) in [6.07, 6.45) is 4.98. The number of carbonyl (C=O) groups excluding carboxylic acids is 1. The van der Waals surface area contributed by atoms with Crippen molar-refractivity contribution in [1.82, 2.24) is 10.3 Å². The highest BCUT2D eigenvalue weighted by atomic mass is 35.5. The second-order valence-corrected chi connectivity index (χ2v) is 7.23. The van der Waals surface area contributed by atoms with Gasteiger partial charge in [-0.3, -0.25) is 4.79 Å². The number of hydrogen-bond donors (Lipinski definition) is 1. The number of methoxy groups -OCH3 is 3. The van der Waals surface area contributed by atoms with Gasteiger partial charge in [0.15, 0.2) is 11.5 Å². The van der Waals surface area contributed by atoms with Crippen LogP contribution in [0, 0.1) is 0 Å². The van der Waals surface area contributed by atoms with Gasteiger partial charge in [0.05, 0.1) is 26.4 Å². The summed E-state index contributed by atoms with van der Waals surface area (Å²) >= 11 is 5.85. The van der Waals surface area contributed by atoms with Gasteiger partial charge in [0.2, 0.25) is 11.6 Å². The van der Waals surface area contributed by atoms with Gasteiger partial charge in [0.1, 0.15) is 6.10 Å². The molecule has 1 heterocycles. The average Bonchev–Trinajstić information content (AvgIpc) is 2.75. The lowest BCUT2D eigenvalue weighted by Gasteiger charge is -2.29. The Morgan fingerprint density at radius 2 is 1.69 bits per heavy atom. The largest absolute Gasteiger partial charge is 0.493 e. The van der Waals surface area contributed by atoms with Crippen LogP contribution in [-0.2, 0) is 0 Å². The Morgan fingerprint density at radius 1 is 1.03 bits per heavy atom. The van der Waals surface area contributed by atoms with Crippen molar-refractivity contribution in [3.63, 3.8) is 0 Å². The quantitative estimate of drug-likeness (QED) is 0.732. The van der Waals surface area contributed by atoms with Crippen molar-refractivity contribution >= 4 is 17.5 Å². The van der Waals surface area contributed by atoms with Crippen molar-refractivity contribution in [2.75, 3.05) is 21.3 Å². The Labute approximate surface area is 175 Å². The van der Waals surface area contributed by atoms with Crippen LogP contribution in [0.2, 0.25) is 5.02 Å². The van der Waals surface area contributed by atoms with Crippen LogP contribution < -0.4 is 24.3 Å². The molecule has 0 atom stereocenters. The third-order valence-electron chi connectivity index (χ3n) is 4.92. The molecule has 1 aliphatic carbocycles. The fraction of sp³-hybridized carbons (Fsp3) is 0.429. The third-order valence-corrected chi connectivity index (χ3v) is 5.15. The highest BCUT2D eigenvalue weighted by Gasteiger charge is 2.25. The molecule has 29 heavy (non-hydrogen) atoms. The zero-order valence-electron chi connectivity index (χ0n) is 16.7. The van der Waals surface area contributed by atoms with Gasteiger partial charge in [-0.15, -0.1) is 0 Å². The molecule has 1 amide bonds. The molecular formula is C21H25ClN2O5. The van der Waals surface area contributed by atoms with E-state index in [1.54, 1.807) is 30.5 Å². The van der Waals surface area contributed by atoms with Crippen LogP contribution in [0.4, 0.5) is 0 Å². The molecule has 2 aromatic rings. The van der Waals surface area contributed by atoms with E-state index in [9.17, 15) is 4.79 Å². The molecule has 0 aliphatic heterocycles. The van der Waals surface area contributed by atoms with Crippen molar-refractivity contribution in [2.45, 2.75) is 37.8 Å². The van der Waals surface area contributed by atoms with Gasteiger partial charge in [-0.1, -0.05) is 11.6 Å². The summed E-state index contributed by atoms with van der Waals surface area (Å²) in [5.74, 6) is 1.75. The van der Waals surface area contributed by atoms with Gasteiger partial charge in [0, 0.05) is 23.9 Å². The monoisotopic (exact) mass is 420 g/mol. The molecule has 8 heteroatoms. The van der Waals surface area contributed by atoms with Crippen molar-refractivity contribution in [3.8, 4) is 23.1 Å². The number of carbonyl (C=O) groups is 1. The number of aromatic nitrogens is 1. The van der Waals surface area contributed by atoms with Crippen molar-refractivity contribution < 1.29 is 23.7 Å². The second kappa shape index (κ2) is 9.69. The standard InChI is InChI=1S/C21H25ClN2O5/c1-26-17-10-13(11-18(27-2)20(17)28-3)21(25)24-15-5-7-16(8-6-15)29-19-9-4-14(22)12-23-19/h4,9-12,15-16H,5-8H2,1-3H3,(H,24,25). The number of halogens is 1. The molecule has 1 saturated carbocycles. The first-order valence-electron chi connectivity index (χ1n) is 9.43. The van der Waals surface area contributed by atoms with Gasteiger partial charge >= 0.3 is 0 Å². The van der Waals surface area contributed by atoms with E-state index in [1.807, 2.05) is 0 Å². The minimum atomic E-state index is -0.173. The smallest absolute Gasteiger partial charge is 0.251 e. The summed E-state index contributed by atoms with van der Waals surface area (Å²) in [6.45, 7) is 0. The molecule has 0 unspecified atom stereocenters. The number of nitrogens with one attached hydrogen (secondary N) is 1. The molecule has 1 aliphatic rings. The summed E-state index contributed by atoms with van der Waals surface area (Å²) in [4.78, 5) is 16.9. The van der Waals surface area contributed by atoms with E-state index in [1.165, 1.54) is 21.3 Å². The summed E-state index contributed by atoms with van der Waals surface area (Å²) in [5.41, 5.74) is 0.461. The minimum absolute atomic E-state index is 0.0815. The molecule has 0 spiro atoms. The molecule has 0 saturated heterocycles. The molecule has 1 aromatic carbocycles. The summed E-state index contributed by atoms with van der Waals surface area (Å²) in [6, 6.07) is 6.91. The summed E-state index contributed by atoms with van der Waals surface area (Å²) < 4.78 is 21.9. The first kappa shape index (κ1) is 21.0. The van der Waals surface area contributed by atoms with E-state index < -0.39 is 0 Å². The van der Waals surface area contributed by atoms with Crippen molar-refractivity contribution in [3.05, 3.63) is 41.0 Å². The van der Waals surface area contributed by atoms with Gasteiger partial charge in [-0.25, -0.2) is 4.98 Å². The van der Waals surface area contributed by atoms with Crippen molar-refractivity contribution in [2.24, 2.45) is 0 Å². The Balaban J connectivity index is 1.57. The molecule has 7 nitrogen and oxygen atoms in total. The number of benzene rings is 1. The van der Waals surface area contributed by atoms with Gasteiger partial charge < -0.3 is 24.3 Å². The minimum Gasteiger partial charge on any atom is -0.493 e. The van der Waals surface area contributed by atoms with Crippen LogP contribution in [0.25, 0.3) is 0 Å². The maximum absolute atomic E-state index is 12.7. The highest BCUT2D eigenvalue weighted by molar-refractivity contribution is 6.30. The molecule has 1 N–H and O–H groups in total. The molecule has 0 radical (unpaired) electrons. The summed E-state index contributed by atoms with van der Waals surface area (Å²) in [5, 5.41) is 3.67. The number of rotatable bonds is 7. The first-order chi connectivity index (χ1) is 14.0. The van der Waals surface area contributed by atoms with Gasteiger partial charge in [0.25, 0.3) is 5.91 Å². The highest BCUT2D eigenvalue weighted by Crippen LogP contribution is 2.38. The predicted octanol–water partition coefficient (Wildman–Crippen LogP) is 3.88. The van der Waals surface area contributed by atoms with Crippen LogP contribution in [0.3, 0.4) is 0 Å².